The summed E-state index contributed by atoms with van der Waals surface area (Å²) < 4.78 is 5.25. The van der Waals surface area contributed by atoms with Gasteiger partial charge in [0.15, 0.2) is 0 Å². The number of methoxy groups -OCH3 is 1. The van der Waals surface area contributed by atoms with Gasteiger partial charge in [-0.15, -0.1) is 0 Å². The molecule has 3 aromatic carbocycles. The summed E-state index contributed by atoms with van der Waals surface area (Å²) in [6.07, 6.45) is 0. The second-order valence-electron chi connectivity index (χ2n) is 7.65. The van der Waals surface area contributed by atoms with Crippen molar-refractivity contribution in [1.82, 2.24) is 0 Å². The lowest BCUT2D eigenvalue weighted by atomic mass is 9.95. The van der Waals surface area contributed by atoms with Crippen LogP contribution < -0.4 is 9.64 Å². The first-order valence-electron chi connectivity index (χ1n) is 9.99. The van der Waals surface area contributed by atoms with Crippen LogP contribution in [0.5, 0.6) is 5.75 Å². The van der Waals surface area contributed by atoms with Crippen molar-refractivity contribution in [3.63, 3.8) is 0 Å². The summed E-state index contributed by atoms with van der Waals surface area (Å²) in [5.41, 5.74) is 3.84. The van der Waals surface area contributed by atoms with Gasteiger partial charge in [-0.1, -0.05) is 48.5 Å². The molecule has 0 bridgehead atoms. The monoisotopic (exact) mass is 413 g/mol. The van der Waals surface area contributed by atoms with Gasteiger partial charge < -0.3 is 9.84 Å². The number of aryl methyl sites for hydroxylation is 2. The Balaban J connectivity index is 1.95. The first-order valence-corrected chi connectivity index (χ1v) is 9.99. The molecule has 1 fully saturated rings. The van der Waals surface area contributed by atoms with E-state index in [1.54, 1.807) is 43.5 Å². The Morgan fingerprint density at radius 3 is 2.10 bits per heavy atom. The van der Waals surface area contributed by atoms with Crippen molar-refractivity contribution >= 4 is 23.1 Å². The van der Waals surface area contributed by atoms with E-state index in [1.807, 2.05) is 50.2 Å². The van der Waals surface area contributed by atoms with Crippen molar-refractivity contribution in [2.75, 3.05) is 12.0 Å². The Bertz CT molecular complexity index is 1160. The lowest BCUT2D eigenvalue weighted by Gasteiger charge is -2.26. The van der Waals surface area contributed by atoms with Crippen LogP contribution in [0.1, 0.15) is 28.3 Å². The molecule has 1 aliphatic heterocycles. The third-order valence-electron chi connectivity index (χ3n) is 5.41. The standard InChI is InChI=1S/C26H23NO4/c1-16-13-17(2)15-20(14-16)27-23(18-9-11-21(31-3)12-10-18)22(25(29)26(27)30)24(28)19-7-5-4-6-8-19/h4-15,23,28H,1-3H3/b24-22+. The topological polar surface area (TPSA) is 66.8 Å². The maximum absolute atomic E-state index is 13.2. The number of hydrogen-bond acceptors (Lipinski definition) is 4. The number of carbonyl (C=O) groups excluding carboxylic acids is 2. The van der Waals surface area contributed by atoms with Crippen molar-refractivity contribution in [3.8, 4) is 5.75 Å². The second-order valence-corrected chi connectivity index (χ2v) is 7.65. The fraction of sp³-hybridized carbons (Fsp3) is 0.154. The quantitative estimate of drug-likeness (QED) is 0.374. The highest BCUT2D eigenvalue weighted by atomic mass is 16.5. The number of aliphatic hydroxyl groups is 1. The van der Waals surface area contributed by atoms with Crippen LogP contribution in [0.25, 0.3) is 5.76 Å². The highest BCUT2D eigenvalue weighted by Gasteiger charge is 2.47. The van der Waals surface area contributed by atoms with E-state index in [-0.39, 0.29) is 11.3 Å². The molecule has 5 nitrogen and oxygen atoms in total. The van der Waals surface area contributed by atoms with Gasteiger partial charge in [0.25, 0.3) is 11.7 Å². The molecule has 0 aliphatic carbocycles. The number of carbonyl (C=O) groups is 2. The maximum Gasteiger partial charge on any atom is 0.300 e. The summed E-state index contributed by atoms with van der Waals surface area (Å²) in [7, 11) is 1.58. The Kier molecular flexibility index (Phi) is 5.34. The molecule has 1 amide bonds. The number of nitrogens with zero attached hydrogens (tertiary/aromatic N) is 1. The van der Waals surface area contributed by atoms with E-state index in [0.717, 1.165) is 11.1 Å². The van der Waals surface area contributed by atoms with E-state index in [9.17, 15) is 14.7 Å². The number of amides is 1. The summed E-state index contributed by atoms with van der Waals surface area (Å²) in [6, 6.07) is 21.0. The van der Waals surface area contributed by atoms with Gasteiger partial charge in [0.2, 0.25) is 0 Å². The first kappa shape index (κ1) is 20.4. The van der Waals surface area contributed by atoms with E-state index in [0.29, 0.717) is 22.6 Å². The molecular formula is C26H23NO4. The van der Waals surface area contributed by atoms with Crippen molar-refractivity contribution < 1.29 is 19.4 Å². The van der Waals surface area contributed by atoms with Gasteiger partial charge in [-0.3, -0.25) is 14.5 Å². The molecule has 1 aliphatic rings. The number of ether oxygens (including phenoxy) is 1. The van der Waals surface area contributed by atoms with Crippen molar-refractivity contribution in [2.45, 2.75) is 19.9 Å². The second kappa shape index (κ2) is 8.11. The molecule has 1 atom stereocenters. The molecule has 31 heavy (non-hydrogen) atoms. The van der Waals surface area contributed by atoms with Crippen LogP contribution in [-0.2, 0) is 9.59 Å². The van der Waals surface area contributed by atoms with E-state index in [2.05, 4.69) is 0 Å². The van der Waals surface area contributed by atoms with Gasteiger partial charge in [0.05, 0.1) is 18.7 Å². The largest absolute Gasteiger partial charge is 0.507 e. The zero-order valence-electron chi connectivity index (χ0n) is 17.6. The van der Waals surface area contributed by atoms with Gasteiger partial charge >= 0.3 is 0 Å². The van der Waals surface area contributed by atoms with Gasteiger partial charge in [-0.25, -0.2) is 0 Å². The molecule has 0 radical (unpaired) electrons. The van der Waals surface area contributed by atoms with Gasteiger partial charge in [-0.05, 0) is 54.8 Å². The molecule has 156 valence electrons. The SMILES string of the molecule is COc1ccc(C2/C(=C(\O)c3ccccc3)C(=O)C(=O)N2c2cc(C)cc(C)c2)cc1. The smallest absolute Gasteiger partial charge is 0.300 e. The summed E-state index contributed by atoms with van der Waals surface area (Å²) in [6.45, 7) is 3.89. The lowest BCUT2D eigenvalue weighted by Crippen LogP contribution is -2.29. The molecule has 3 aromatic rings. The molecular weight excluding hydrogens is 390 g/mol. The molecule has 0 spiro atoms. The average Bonchev–Trinajstić information content (AvgIpc) is 3.04. The van der Waals surface area contributed by atoms with Crippen LogP contribution in [-0.4, -0.2) is 23.9 Å². The summed E-state index contributed by atoms with van der Waals surface area (Å²) >= 11 is 0. The average molecular weight is 413 g/mol. The molecule has 0 aromatic heterocycles. The number of benzene rings is 3. The third kappa shape index (κ3) is 3.70. The van der Waals surface area contributed by atoms with E-state index < -0.39 is 17.7 Å². The van der Waals surface area contributed by atoms with Crippen molar-refractivity contribution in [2.24, 2.45) is 0 Å². The third-order valence-corrected chi connectivity index (χ3v) is 5.41. The Hall–Kier alpha value is -3.86. The molecule has 0 saturated carbocycles. The van der Waals surface area contributed by atoms with E-state index >= 15 is 0 Å². The minimum absolute atomic E-state index is 0.0699. The predicted octanol–water partition coefficient (Wildman–Crippen LogP) is 4.94. The summed E-state index contributed by atoms with van der Waals surface area (Å²) in [5.74, 6) is -0.897. The zero-order valence-corrected chi connectivity index (χ0v) is 17.6. The Morgan fingerprint density at radius 2 is 1.52 bits per heavy atom. The van der Waals surface area contributed by atoms with Crippen LogP contribution in [0.15, 0.2) is 78.4 Å². The molecule has 1 heterocycles. The Morgan fingerprint density at radius 1 is 0.903 bits per heavy atom. The maximum atomic E-state index is 13.2. The minimum Gasteiger partial charge on any atom is -0.507 e. The van der Waals surface area contributed by atoms with E-state index in [1.165, 1.54) is 4.90 Å². The number of hydrogen-bond donors (Lipinski definition) is 1. The van der Waals surface area contributed by atoms with Crippen LogP contribution in [0.3, 0.4) is 0 Å². The fourth-order valence-electron chi connectivity index (χ4n) is 4.04. The normalized spacial score (nSPS) is 17.8. The van der Waals surface area contributed by atoms with Gasteiger partial charge in [-0.2, -0.15) is 0 Å². The highest BCUT2D eigenvalue weighted by Crippen LogP contribution is 2.42. The van der Waals surface area contributed by atoms with Crippen LogP contribution >= 0.6 is 0 Å². The van der Waals surface area contributed by atoms with Gasteiger partial charge in [0.1, 0.15) is 11.5 Å². The number of ketones is 1. The molecule has 4 rings (SSSR count). The Labute approximate surface area is 181 Å². The fourth-order valence-corrected chi connectivity index (χ4v) is 4.04. The summed E-state index contributed by atoms with van der Waals surface area (Å²) in [4.78, 5) is 27.8. The van der Waals surface area contributed by atoms with Crippen molar-refractivity contribution in [3.05, 3.63) is 101 Å². The molecule has 5 heteroatoms. The molecule has 1 saturated heterocycles. The molecule has 1 N–H and O–H groups in total. The number of rotatable bonds is 4. The molecule has 1 unspecified atom stereocenters. The van der Waals surface area contributed by atoms with Gasteiger partial charge in [0, 0.05) is 11.3 Å². The zero-order chi connectivity index (χ0) is 22.1. The minimum atomic E-state index is -0.757. The lowest BCUT2D eigenvalue weighted by molar-refractivity contribution is -0.132. The van der Waals surface area contributed by atoms with Crippen LogP contribution in [0.2, 0.25) is 0 Å². The van der Waals surface area contributed by atoms with E-state index in [4.69, 9.17) is 4.74 Å². The highest BCUT2D eigenvalue weighted by molar-refractivity contribution is 6.51. The van der Waals surface area contributed by atoms with Crippen LogP contribution in [0, 0.1) is 13.8 Å². The first-order chi connectivity index (χ1) is 14.9. The summed E-state index contributed by atoms with van der Waals surface area (Å²) in [5, 5.41) is 11.1. The predicted molar refractivity (Wildman–Crippen MR) is 120 cm³/mol. The number of Topliss-reactive ketones (excluding diaryl/α,β-unsaturated/α-hetero) is 1. The number of anilines is 1. The van der Waals surface area contributed by atoms with Crippen LogP contribution in [0.4, 0.5) is 5.69 Å². The van der Waals surface area contributed by atoms with Crippen molar-refractivity contribution in [1.29, 1.82) is 0 Å². The number of aliphatic hydroxyl groups excluding tert-OH is 1.